The molecular weight excluding hydrogens is 527 g/mol. The van der Waals surface area contributed by atoms with E-state index in [9.17, 15) is 22.7 Å². The van der Waals surface area contributed by atoms with Crippen molar-refractivity contribution in [1.82, 2.24) is 19.9 Å². The third-order valence-corrected chi connectivity index (χ3v) is 7.48. The molecule has 0 spiro atoms. The standard InChI is InChI=1S/C27H33FN4O6S/c1-3-17-15-20-23(25(33)29-2)24(18-8-10-19(28)11-9-18)38-26(20)31-22(17)16-32(39(35)36)13-4-5-14-37-27(34)21-7-6-12-30-21/h8-11,15,21,30H,3-7,12-14,16H2,1-2H3,(H,29,33)(H,35,36). The van der Waals surface area contributed by atoms with E-state index in [-0.39, 0.29) is 54.7 Å². The van der Waals surface area contributed by atoms with E-state index in [2.05, 4.69) is 15.6 Å². The number of aryl methyl sites for hydroxylation is 1. The number of carbonyl (C=O) groups excluding carboxylic acids is 2. The minimum atomic E-state index is -2.26. The molecule has 1 aliphatic rings. The molecule has 0 radical (unpaired) electrons. The zero-order chi connectivity index (χ0) is 27.9. The number of halogens is 1. The number of esters is 1. The van der Waals surface area contributed by atoms with Crippen LogP contribution >= 0.6 is 0 Å². The van der Waals surface area contributed by atoms with E-state index in [1.54, 1.807) is 0 Å². The van der Waals surface area contributed by atoms with Crippen LogP contribution in [0.1, 0.15) is 54.2 Å². The number of unbranched alkanes of at least 4 members (excludes halogenated alkanes) is 1. The summed E-state index contributed by atoms with van der Waals surface area (Å²) in [6, 6.07) is 7.20. The van der Waals surface area contributed by atoms with Gasteiger partial charge in [0.1, 0.15) is 17.6 Å². The van der Waals surface area contributed by atoms with Crippen molar-refractivity contribution in [2.45, 2.75) is 51.6 Å². The Balaban J connectivity index is 1.51. The zero-order valence-corrected chi connectivity index (χ0v) is 22.8. The van der Waals surface area contributed by atoms with Crippen molar-refractivity contribution < 1.29 is 31.9 Å². The quantitative estimate of drug-likeness (QED) is 0.174. The van der Waals surface area contributed by atoms with Gasteiger partial charge in [0.15, 0.2) is 0 Å². The minimum Gasteiger partial charge on any atom is -0.465 e. The van der Waals surface area contributed by atoms with Gasteiger partial charge < -0.3 is 19.8 Å². The number of amides is 1. The van der Waals surface area contributed by atoms with Gasteiger partial charge in [-0.15, -0.1) is 0 Å². The average Bonchev–Trinajstić information content (AvgIpc) is 3.60. The molecule has 12 heteroatoms. The van der Waals surface area contributed by atoms with Crippen molar-refractivity contribution in [3.05, 3.63) is 53.0 Å². The zero-order valence-electron chi connectivity index (χ0n) is 22.0. The first-order valence-corrected chi connectivity index (χ1v) is 14.1. The lowest BCUT2D eigenvalue weighted by atomic mass is 10.0. The Kier molecular flexibility index (Phi) is 9.78. The SMILES string of the molecule is CCc1cc2c(C(=O)NC)c(-c3ccc(F)cc3)oc2nc1CN(CCCCOC(=O)C1CCCN1)S(=O)O. The lowest BCUT2D eigenvalue weighted by Gasteiger charge is -2.19. The first-order valence-electron chi connectivity index (χ1n) is 13.0. The maximum absolute atomic E-state index is 13.5. The Morgan fingerprint density at radius 2 is 2.08 bits per heavy atom. The summed E-state index contributed by atoms with van der Waals surface area (Å²) in [4.78, 5) is 29.5. The lowest BCUT2D eigenvalue weighted by Crippen LogP contribution is -2.32. The molecule has 2 aromatic heterocycles. The fraction of sp³-hybridized carbons (Fsp3) is 0.444. The van der Waals surface area contributed by atoms with Crippen molar-refractivity contribution in [1.29, 1.82) is 0 Å². The summed E-state index contributed by atoms with van der Waals surface area (Å²) < 4.78 is 48.3. The van der Waals surface area contributed by atoms with Gasteiger partial charge in [-0.3, -0.25) is 14.1 Å². The van der Waals surface area contributed by atoms with Crippen LogP contribution in [0.15, 0.2) is 34.7 Å². The number of carbonyl (C=O) groups is 2. The highest BCUT2D eigenvalue weighted by molar-refractivity contribution is 7.76. The van der Waals surface area contributed by atoms with Gasteiger partial charge in [0.2, 0.25) is 17.0 Å². The Labute approximate surface area is 228 Å². The highest BCUT2D eigenvalue weighted by atomic mass is 32.2. The molecule has 3 N–H and O–H groups in total. The molecule has 2 atom stereocenters. The van der Waals surface area contributed by atoms with Gasteiger partial charge in [-0.05, 0) is 74.5 Å². The van der Waals surface area contributed by atoms with Gasteiger partial charge in [-0.25, -0.2) is 13.6 Å². The van der Waals surface area contributed by atoms with Gasteiger partial charge in [-0.1, -0.05) is 6.92 Å². The molecule has 2 unspecified atom stereocenters. The molecule has 0 bridgehead atoms. The van der Waals surface area contributed by atoms with Crippen LogP contribution in [0.2, 0.25) is 0 Å². The normalized spacial score (nSPS) is 16.1. The second kappa shape index (κ2) is 13.2. The second-order valence-electron chi connectivity index (χ2n) is 9.31. The first-order chi connectivity index (χ1) is 18.8. The molecule has 3 aromatic rings. The lowest BCUT2D eigenvalue weighted by molar-refractivity contribution is -0.145. The second-order valence-corrected chi connectivity index (χ2v) is 10.3. The largest absolute Gasteiger partial charge is 0.465 e. The van der Waals surface area contributed by atoms with Gasteiger partial charge in [-0.2, -0.15) is 4.31 Å². The van der Waals surface area contributed by atoms with Crippen LogP contribution in [0.5, 0.6) is 0 Å². The van der Waals surface area contributed by atoms with Gasteiger partial charge in [0.25, 0.3) is 5.91 Å². The monoisotopic (exact) mass is 560 g/mol. The van der Waals surface area contributed by atoms with E-state index in [4.69, 9.17) is 9.15 Å². The molecule has 39 heavy (non-hydrogen) atoms. The molecule has 0 aliphatic carbocycles. The summed E-state index contributed by atoms with van der Waals surface area (Å²) in [5.41, 5.74) is 2.37. The average molecular weight is 561 g/mol. The van der Waals surface area contributed by atoms with Gasteiger partial charge in [0.05, 0.1) is 29.8 Å². The molecule has 1 amide bonds. The van der Waals surface area contributed by atoms with Crippen LogP contribution in [0.25, 0.3) is 22.4 Å². The summed E-state index contributed by atoms with van der Waals surface area (Å²) in [5.74, 6) is -0.769. The predicted molar refractivity (Wildman–Crippen MR) is 145 cm³/mol. The smallest absolute Gasteiger partial charge is 0.323 e. The maximum atomic E-state index is 13.5. The molecule has 1 fully saturated rings. The van der Waals surface area contributed by atoms with Crippen molar-refractivity contribution in [3.63, 3.8) is 0 Å². The Morgan fingerprint density at radius 1 is 1.31 bits per heavy atom. The summed E-state index contributed by atoms with van der Waals surface area (Å²) in [6.07, 6.45) is 3.39. The third-order valence-electron chi connectivity index (χ3n) is 6.73. The van der Waals surface area contributed by atoms with Crippen LogP contribution in [0.4, 0.5) is 4.39 Å². The molecular formula is C27H33FN4O6S. The number of fused-ring (bicyclic) bond motifs is 1. The maximum Gasteiger partial charge on any atom is 0.323 e. The number of aromatic nitrogens is 1. The van der Waals surface area contributed by atoms with Crippen LogP contribution in [0.3, 0.4) is 0 Å². The summed E-state index contributed by atoms with van der Waals surface area (Å²) in [5, 5.41) is 6.22. The number of nitrogens with zero attached hydrogens (tertiary/aromatic N) is 2. The molecule has 210 valence electrons. The highest BCUT2D eigenvalue weighted by Gasteiger charge is 2.25. The summed E-state index contributed by atoms with van der Waals surface area (Å²) >= 11 is -2.26. The molecule has 3 heterocycles. The summed E-state index contributed by atoms with van der Waals surface area (Å²) in [7, 11) is 1.51. The fourth-order valence-electron chi connectivity index (χ4n) is 4.63. The Morgan fingerprint density at radius 3 is 2.72 bits per heavy atom. The number of rotatable bonds is 12. The van der Waals surface area contributed by atoms with E-state index in [1.807, 2.05) is 13.0 Å². The van der Waals surface area contributed by atoms with E-state index in [0.29, 0.717) is 35.9 Å². The van der Waals surface area contributed by atoms with E-state index >= 15 is 0 Å². The number of benzene rings is 1. The number of hydrogen-bond acceptors (Lipinski definition) is 7. The Bertz CT molecular complexity index is 1340. The van der Waals surface area contributed by atoms with E-state index in [1.165, 1.54) is 35.6 Å². The van der Waals surface area contributed by atoms with Crippen LogP contribution in [0, 0.1) is 5.82 Å². The van der Waals surface area contributed by atoms with Crippen LogP contribution in [-0.2, 0) is 33.8 Å². The van der Waals surface area contributed by atoms with Gasteiger partial charge >= 0.3 is 5.97 Å². The third kappa shape index (κ3) is 6.88. The predicted octanol–water partition coefficient (Wildman–Crippen LogP) is 3.57. The number of furan rings is 1. The molecule has 1 aromatic carbocycles. The molecule has 4 rings (SSSR count). The molecule has 10 nitrogen and oxygen atoms in total. The van der Waals surface area contributed by atoms with E-state index in [0.717, 1.165) is 24.9 Å². The number of pyridine rings is 1. The Hall–Kier alpha value is -3.19. The van der Waals surface area contributed by atoms with Crippen molar-refractivity contribution in [2.75, 3.05) is 26.7 Å². The molecule has 1 aliphatic heterocycles. The van der Waals surface area contributed by atoms with Crippen molar-refractivity contribution in [2.24, 2.45) is 0 Å². The minimum absolute atomic E-state index is 0.0793. The number of nitrogens with one attached hydrogen (secondary N) is 2. The fourth-order valence-corrected chi connectivity index (χ4v) is 5.15. The van der Waals surface area contributed by atoms with Crippen LogP contribution in [-0.4, -0.2) is 62.7 Å². The van der Waals surface area contributed by atoms with Crippen LogP contribution < -0.4 is 10.6 Å². The summed E-state index contributed by atoms with van der Waals surface area (Å²) in [6.45, 7) is 3.35. The molecule has 1 saturated heterocycles. The highest BCUT2D eigenvalue weighted by Crippen LogP contribution is 2.34. The van der Waals surface area contributed by atoms with Crippen molar-refractivity contribution >= 4 is 34.2 Å². The number of ether oxygens (including phenoxy) is 1. The molecule has 0 saturated carbocycles. The van der Waals surface area contributed by atoms with Crippen molar-refractivity contribution in [3.8, 4) is 11.3 Å². The van der Waals surface area contributed by atoms with E-state index < -0.39 is 17.1 Å². The van der Waals surface area contributed by atoms with Gasteiger partial charge in [0, 0.05) is 19.2 Å². The first kappa shape index (κ1) is 28.8. The number of hydrogen-bond donors (Lipinski definition) is 3. The topological polar surface area (TPSA) is 134 Å².